The number of carbonyl (C=O) groups is 8. The van der Waals surface area contributed by atoms with E-state index in [9.17, 15) is 0 Å². The van der Waals surface area contributed by atoms with Crippen LogP contribution in [0, 0.1) is 0 Å². The van der Waals surface area contributed by atoms with Gasteiger partial charge in [0.05, 0.1) is 0 Å². The van der Waals surface area contributed by atoms with E-state index in [2.05, 4.69) is 0 Å². The second-order valence-corrected chi connectivity index (χ2v) is 2.44. The second kappa shape index (κ2) is 25.6. The number of carboxylic acid groups (broad SMARTS) is 8. The highest BCUT2D eigenvalue weighted by Crippen LogP contribution is 1.57. The maximum Gasteiger partial charge on any atom is 0.414 e. The summed E-state index contributed by atoms with van der Waals surface area (Å²) in [4.78, 5) is 72.8. The zero-order chi connectivity index (χ0) is 20.6. The van der Waals surface area contributed by atoms with Gasteiger partial charge in [-0.15, -0.1) is 0 Å². The fourth-order valence-corrected chi connectivity index (χ4v) is 0. The van der Waals surface area contributed by atoms with Crippen molar-refractivity contribution in [3.8, 4) is 0 Å². The van der Waals surface area contributed by atoms with E-state index < -0.39 is 47.8 Å². The largest absolute Gasteiger partial charge is 0.473 e. The first kappa shape index (κ1) is 44.1. The molecule has 0 aromatic carbocycles. The third-order valence-corrected chi connectivity index (χ3v) is 0.732. The van der Waals surface area contributed by atoms with Gasteiger partial charge in [0.25, 0.3) is 0 Å². The van der Waals surface area contributed by atoms with Gasteiger partial charge in [0.15, 0.2) is 52.1 Å². The Bertz CT molecular complexity index is 396. The number of rotatable bonds is 0. The molecule has 0 aromatic heterocycles. The van der Waals surface area contributed by atoms with Crippen molar-refractivity contribution in [2.24, 2.45) is 0 Å². The molecule has 0 bridgehead atoms. The van der Waals surface area contributed by atoms with Gasteiger partial charge in [0.1, 0.15) is 0 Å². The highest BCUT2D eigenvalue weighted by molar-refractivity contribution is 6.28. The van der Waals surface area contributed by atoms with Crippen LogP contribution in [0.25, 0.3) is 0 Å². The van der Waals surface area contributed by atoms with Crippen LogP contribution >= 0.6 is 0 Å². The van der Waals surface area contributed by atoms with Crippen LogP contribution in [0.1, 0.15) is 0 Å². The minimum atomic E-state index is -1.82. The van der Waals surface area contributed by atoms with Gasteiger partial charge in [-0.1, -0.05) is 0 Å². The van der Waals surface area contributed by atoms with E-state index >= 15 is 0 Å². The third-order valence-electron chi connectivity index (χ3n) is 0.732. The predicted octanol–water partition coefficient (Wildman–Crippen LogP) is -6.93. The molecule has 0 saturated carbocycles. The van der Waals surface area contributed by atoms with Crippen molar-refractivity contribution in [3.63, 3.8) is 0 Å². The van der Waals surface area contributed by atoms with Gasteiger partial charge in [0, 0.05) is 0 Å². The maximum absolute atomic E-state index is 9.10. The normalized spacial score (nSPS) is 6.52. The van der Waals surface area contributed by atoms with Gasteiger partial charge in [-0.25, -0.2) is 38.4 Å². The molecule has 16 nitrogen and oxygen atoms in total. The van der Waals surface area contributed by atoms with Crippen LogP contribution in [0.15, 0.2) is 0 Å². The molecular formula is C8H17Al3O16. The van der Waals surface area contributed by atoms with E-state index in [1.54, 1.807) is 0 Å². The summed E-state index contributed by atoms with van der Waals surface area (Å²) in [6.45, 7) is 0. The first-order valence-corrected chi connectivity index (χ1v) is 4.42. The van der Waals surface area contributed by atoms with E-state index in [0.717, 1.165) is 0 Å². The summed E-state index contributed by atoms with van der Waals surface area (Å²) in [6, 6.07) is 0. The van der Waals surface area contributed by atoms with Crippen LogP contribution in [0.2, 0.25) is 0 Å². The van der Waals surface area contributed by atoms with Crippen molar-refractivity contribution in [3.05, 3.63) is 0 Å². The zero-order valence-corrected chi connectivity index (χ0v) is 10.8. The van der Waals surface area contributed by atoms with Crippen LogP contribution in [-0.4, -0.2) is 141 Å². The lowest BCUT2D eigenvalue weighted by Crippen LogP contribution is -2.09. The number of hydrogen-bond acceptors (Lipinski definition) is 8. The fourth-order valence-electron chi connectivity index (χ4n) is 0. The molecule has 8 N–H and O–H groups in total. The monoisotopic (exact) mass is 450 g/mol. The molecule has 0 saturated heterocycles. The summed E-state index contributed by atoms with van der Waals surface area (Å²) < 4.78 is 0. The summed E-state index contributed by atoms with van der Waals surface area (Å²) in [5.74, 6) is -14.6. The molecule has 0 atom stereocenters. The van der Waals surface area contributed by atoms with Crippen LogP contribution in [0.3, 0.4) is 0 Å². The summed E-state index contributed by atoms with van der Waals surface area (Å²) >= 11 is 0. The van der Waals surface area contributed by atoms with Gasteiger partial charge in [-0.05, 0) is 0 Å². The minimum Gasteiger partial charge on any atom is -0.473 e. The minimum absolute atomic E-state index is 0. The Labute approximate surface area is 179 Å². The first-order valence-electron chi connectivity index (χ1n) is 4.42. The molecule has 0 amide bonds. The maximum atomic E-state index is 9.10. The molecule has 154 valence electrons. The van der Waals surface area contributed by atoms with E-state index in [1.807, 2.05) is 0 Å². The van der Waals surface area contributed by atoms with E-state index in [1.165, 1.54) is 0 Å². The Morgan fingerprint density at radius 2 is 0.296 bits per heavy atom. The number of hydrogen-bond donors (Lipinski definition) is 8. The predicted molar refractivity (Wildman–Crippen MR) is 90.9 cm³/mol. The van der Waals surface area contributed by atoms with Gasteiger partial charge < -0.3 is 40.9 Å². The zero-order valence-electron chi connectivity index (χ0n) is 10.8. The Balaban J connectivity index is -0.0000000381. The van der Waals surface area contributed by atoms with Crippen molar-refractivity contribution in [1.82, 2.24) is 0 Å². The van der Waals surface area contributed by atoms with Crippen molar-refractivity contribution < 1.29 is 79.2 Å². The molecule has 0 heterocycles. The van der Waals surface area contributed by atoms with Crippen LogP contribution < -0.4 is 0 Å². The molecule has 0 aliphatic rings. The molecule has 27 heavy (non-hydrogen) atoms. The van der Waals surface area contributed by atoms with Crippen LogP contribution in [0.5, 0.6) is 0 Å². The summed E-state index contributed by atoms with van der Waals surface area (Å²) in [5.41, 5.74) is 0. The smallest absolute Gasteiger partial charge is 0.414 e. The average Bonchev–Trinajstić information content (AvgIpc) is 2.40. The van der Waals surface area contributed by atoms with Crippen molar-refractivity contribution in [2.75, 3.05) is 0 Å². The molecule has 0 aliphatic carbocycles. The van der Waals surface area contributed by atoms with Crippen LogP contribution in [-0.2, 0) is 38.4 Å². The van der Waals surface area contributed by atoms with Crippen LogP contribution in [0.4, 0.5) is 0 Å². The van der Waals surface area contributed by atoms with E-state index in [4.69, 9.17) is 79.2 Å². The number of aliphatic carboxylic acids is 8. The molecule has 0 spiro atoms. The SMILES string of the molecule is O=C(O)C(=O)O.O=C(O)C(=O)O.O=C(O)C(=O)O.O=C(O)C(=O)O.[AlH3].[AlH3].[AlH3]. The van der Waals surface area contributed by atoms with Crippen molar-refractivity contribution in [1.29, 1.82) is 0 Å². The first-order chi connectivity index (χ1) is 10.6. The third kappa shape index (κ3) is 59.7. The average molecular weight is 450 g/mol. The van der Waals surface area contributed by atoms with Crippen molar-refractivity contribution >= 4 is 99.8 Å². The molecule has 0 fully saturated rings. The quantitative estimate of drug-likeness (QED) is 0.126. The Morgan fingerprint density at radius 3 is 0.296 bits per heavy atom. The molecule has 0 aliphatic heterocycles. The highest BCUT2D eigenvalue weighted by Gasteiger charge is 2.05. The summed E-state index contributed by atoms with van der Waals surface area (Å²) in [6.07, 6.45) is 0. The molecule has 0 rings (SSSR count). The highest BCUT2D eigenvalue weighted by atomic mass is 27.0. The lowest BCUT2D eigenvalue weighted by Gasteiger charge is -1.72. The van der Waals surface area contributed by atoms with E-state index in [-0.39, 0.29) is 52.1 Å². The Hall–Kier alpha value is -2.64. The summed E-state index contributed by atoms with van der Waals surface area (Å²) in [5, 5.41) is 59.1. The standard InChI is InChI=1S/4C2H2O4.3Al.9H/c4*3-1(4)2(5)6;;;;;;;;;;;;/h4*(H,3,4)(H,5,6);;;;;;;;;;;;. The topological polar surface area (TPSA) is 298 Å². The fraction of sp³-hybridized carbons (Fsp3) is 0. The molecular weight excluding hydrogens is 433 g/mol. The molecule has 0 aromatic rings. The van der Waals surface area contributed by atoms with E-state index in [0.29, 0.717) is 0 Å². The lowest BCUT2D eigenvalue weighted by molar-refractivity contribution is -0.159. The summed E-state index contributed by atoms with van der Waals surface area (Å²) in [7, 11) is 0. The number of carboxylic acids is 8. The molecule has 0 unspecified atom stereocenters. The van der Waals surface area contributed by atoms with Gasteiger partial charge in [-0.3, -0.25) is 0 Å². The van der Waals surface area contributed by atoms with Crippen molar-refractivity contribution in [2.45, 2.75) is 0 Å². The Morgan fingerprint density at radius 1 is 0.259 bits per heavy atom. The van der Waals surface area contributed by atoms with Gasteiger partial charge in [0.2, 0.25) is 0 Å². The lowest BCUT2D eigenvalue weighted by atomic mass is 10.7. The molecule has 19 heteroatoms. The second-order valence-electron chi connectivity index (χ2n) is 2.44. The van der Waals surface area contributed by atoms with Gasteiger partial charge >= 0.3 is 47.8 Å². The Kier molecular flexibility index (Phi) is 41.8. The van der Waals surface area contributed by atoms with Gasteiger partial charge in [-0.2, -0.15) is 0 Å². The molecule has 0 radical (unpaired) electrons.